The van der Waals surface area contributed by atoms with Crippen LogP contribution >= 0.6 is 0 Å². The van der Waals surface area contributed by atoms with Crippen LogP contribution in [0.1, 0.15) is 6.42 Å². The van der Waals surface area contributed by atoms with Crippen molar-refractivity contribution in [2.24, 2.45) is 11.8 Å². The van der Waals surface area contributed by atoms with Crippen molar-refractivity contribution in [2.45, 2.75) is 17.4 Å². The Labute approximate surface area is 143 Å². The Hall–Kier alpha value is -1.47. The van der Waals surface area contributed by atoms with Crippen molar-refractivity contribution in [1.82, 2.24) is 5.32 Å². The zero-order chi connectivity index (χ0) is 17.0. The minimum Gasteiger partial charge on any atom is -0.394 e. The largest absolute Gasteiger partial charge is 0.394 e. The number of ether oxygens (including phenoxy) is 1. The molecular formula is C18H23NO4S. The van der Waals surface area contributed by atoms with Crippen LogP contribution < -0.4 is 5.32 Å². The van der Waals surface area contributed by atoms with E-state index in [0.717, 1.165) is 19.5 Å². The summed E-state index contributed by atoms with van der Waals surface area (Å²) in [6.45, 7) is 2.00. The molecule has 0 radical (unpaired) electrons. The fraction of sp³-hybridized carbons (Fsp3) is 0.444. The van der Waals surface area contributed by atoms with Crippen LogP contribution in [0.3, 0.4) is 0 Å². The monoisotopic (exact) mass is 349 g/mol. The molecule has 0 saturated carbocycles. The van der Waals surface area contributed by atoms with Crippen molar-refractivity contribution < 1.29 is 18.3 Å². The minimum atomic E-state index is -3.55. The predicted octanol–water partition coefficient (Wildman–Crippen LogP) is 1.52. The summed E-state index contributed by atoms with van der Waals surface area (Å²) in [6, 6.07) is 8.42. The van der Waals surface area contributed by atoms with E-state index in [9.17, 15) is 8.42 Å². The third-order valence-corrected chi connectivity index (χ3v) is 6.38. The molecule has 0 amide bonds. The first-order valence-corrected chi connectivity index (χ1v) is 9.74. The molecule has 3 atom stereocenters. The molecule has 1 aliphatic heterocycles. The fourth-order valence-electron chi connectivity index (χ4n) is 3.34. The van der Waals surface area contributed by atoms with Gasteiger partial charge in [-0.3, -0.25) is 0 Å². The molecule has 5 nitrogen and oxygen atoms in total. The molecular weight excluding hydrogens is 326 g/mol. The fourth-order valence-corrected chi connectivity index (χ4v) is 4.70. The van der Waals surface area contributed by atoms with Crippen LogP contribution in [0.25, 0.3) is 0 Å². The summed E-state index contributed by atoms with van der Waals surface area (Å²) in [5.74, 6) is 0.545. The van der Waals surface area contributed by atoms with Crippen molar-refractivity contribution in [1.29, 1.82) is 0 Å². The number of hydrogen-bond acceptors (Lipinski definition) is 5. The second kappa shape index (κ2) is 7.61. The highest BCUT2D eigenvalue weighted by Gasteiger charge is 2.33. The van der Waals surface area contributed by atoms with Crippen LogP contribution in [0.15, 0.2) is 58.4 Å². The van der Waals surface area contributed by atoms with Gasteiger partial charge in [0.2, 0.25) is 9.84 Å². The molecule has 1 aromatic carbocycles. The van der Waals surface area contributed by atoms with Crippen LogP contribution in [0.5, 0.6) is 0 Å². The molecule has 130 valence electrons. The predicted molar refractivity (Wildman–Crippen MR) is 92.1 cm³/mol. The second-order valence-corrected chi connectivity index (χ2v) is 8.08. The SMILES string of the molecule is O=S(=O)(C1=CC(OCCO)C([C@@H]2CCNC2)C=C1)c1ccccc1. The Morgan fingerprint density at radius 3 is 2.71 bits per heavy atom. The van der Waals surface area contributed by atoms with E-state index in [2.05, 4.69) is 5.32 Å². The van der Waals surface area contributed by atoms with Crippen molar-refractivity contribution >= 4 is 9.84 Å². The summed E-state index contributed by atoms with van der Waals surface area (Å²) < 4.78 is 31.3. The van der Waals surface area contributed by atoms with Crippen LogP contribution in [0, 0.1) is 11.8 Å². The van der Waals surface area contributed by atoms with E-state index in [1.165, 1.54) is 0 Å². The number of rotatable bonds is 6. The van der Waals surface area contributed by atoms with Crippen molar-refractivity contribution in [3.05, 3.63) is 53.5 Å². The summed E-state index contributed by atoms with van der Waals surface area (Å²) in [6.07, 6.45) is 6.06. The van der Waals surface area contributed by atoms with E-state index in [0.29, 0.717) is 5.92 Å². The van der Waals surface area contributed by atoms with Gasteiger partial charge in [-0.25, -0.2) is 8.42 Å². The van der Waals surface area contributed by atoms with Crippen molar-refractivity contribution in [3.8, 4) is 0 Å². The Bertz CT molecular complexity index is 706. The first-order valence-electron chi connectivity index (χ1n) is 8.26. The third kappa shape index (κ3) is 3.62. The van der Waals surface area contributed by atoms with Gasteiger partial charge in [-0.2, -0.15) is 0 Å². The molecule has 0 spiro atoms. The third-order valence-electron chi connectivity index (χ3n) is 4.60. The molecule has 1 heterocycles. The van der Waals surface area contributed by atoms with Gasteiger partial charge in [0.05, 0.1) is 29.1 Å². The lowest BCUT2D eigenvalue weighted by Gasteiger charge is -2.30. The summed E-state index contributed by atoms with van der Waals surface area (Å²) in [5.41, 5.74) is 0. The Morgan fingerprint density at radius 2 is 2.04 bits per heavy atom. The van der Waals surface area contributed by atoms with Gasteiger partial charge < -0.3 is 15.2 Å². The van der Waals surface area contributed by atoms with Gasteiger partial charge in [-0.1, -0.05) is 24.3 Å². The first-order chi connectivity index (χ1) is 11.6. The molecule has 3 rings (SSSR count). The molecule has 2 N–H and O–H groups in total. The zero-order valence-corrected chi connectivity index (χ0v) is 14.3. The average Bonchev–Trinajstić information content (AvgIpc) is 3.15. The quantitative estimate of drug-likeness (QED) is 0.814. The van der Waals surface area contributed by atoms with Crippen LogP contribution in [0.2, 0.25) is 0 Å². The summed E-state index contributed by atoms with van der Waals surface area (Å²) in [4.78, 5) is 0.543. The van der Waals surface area contributed by atoms with Gasteiger partial charge >= 0.3 is 0 Å². The van der Waals surface area contributed by atoms with Crippen LogP contribution in [-0.4, -0.2) is 45.9 Å². The lowest BCUT2D eigenvalue weighted by atomic mass is 9.84. The highest BCUT2D eigenvalue weighted by molar-refractivity contribution is 7.95. The lowest BCUT2D eigenvalue weighted by Crippen LogP contribution is -2.32. The maximum Gasteiger partial charge on any atom is 0.206 e. The minimum absolute atomic E-state index is 0.0789. The van der Waals surface area contributed by atoms with E-state index < -0.39 is 9.84 Å². The normalized spacial score (nSPS) is 27.2. The van der Waals surface area contributed by atoms with Gasteiger partial charge in [0.1, 0.15) is 0 Å². The molecule has 1 fully saturated rings. The average molecular weight is 349 g/mol. The molecule has 1 aromatic rings. The molecule has 2 unspecified atom stereocenters. The molecule has 6 heteroatoms. The molecule has 1 saturated heterocycles. The number of nitrogens with one attached hydrogen (secondary N) is 1. The zero-order valence-electron chi connectivity index (χ0n) is 13.5. The maximum atomic E-state index is 12.8. The summed E-state index contributed by atoms with van der Waals surface area (Å²) in [7, 11) is -3.55. The highest BCUT2D eigenvalue weighted by atomic mass is 32.2. The highest BCUT2D eigenvalue weighted by Crippen LogP contribution is 2.33. The first kappa shape index (κ1) is 17.4. The number of hydrogen-bond donors (Lipinski definition) is 2. The lowest BCUT2D eigenvalue weighted by molar-refractivity contribution is 0.0206. The number of allylic oxidation sites excluding steroid dienone is 1. The standard InChI is InChI=1S/C18H23NO4S/c20-10-11-23-18-12-16(6-7-17(18)14-8-9-19-13-14)24(21,22)15-4-2-1-3-5-15/h1-7,12,14,17-20H,8-11,13H2/t14-,17?,18?/m1/s1. The Kier molecular flexibility index (Phi) is 5.50. The van der Waals surface area contributed by atoms with Gasteiger partial charge in [0.25, 0.3) is 0 Å². The second-order valence-electron chi connectivity index (χ2n) is 6.13. The molecule has 0 bridgehead atoms. The van der Waals surface area contributed by atoms with E-state index in [4.69, 9.17) is 9.84 Å². The van der Waals surface area contributed by atoms with E-state index >= 15 is 0 Å². The molecule has 2 aliphatic rings. The smallest absolute Gasteiger partial charge is 0.206 e. The maximum absolute atomic E-state index is 12.8. The number of aliphatic hydroxyl groups excluding tert-OH is 1. The van der Waals surface area contributed by atoms with Gasteiger partial charge in [-0.15, -0.1) is 0 Å². The van der Waals surface area contributed by atoms with Crippen LogP contribution in [-0.2, 0) is 14.6 Å². The number of benzene rings is 1. The van der Waals surface area contributed by atoms with E-state index in [1.54, 1.807) is 42.5 Å². The summed E-state index contributed by atoms with van der Waals surface area (Å²) in [5, 5.41) is 12.4. The van der Waals surface area contributed by atoms with Gasteiger partial charge in [0.15, 0.2) is 0 Å². The van der Waals surface area contributed by atoms with Gasteiger partial charge in [-0.05, 0) is 49.7 Å². The molecule has 1 aliphatic carbocycles. The van der Waals surface area contributed by atoms with Crippen LogP contribution in [0.4, 0.5) is 0 Å². The summed E-state index contributed by atoms with van der Waals surface area (Å²) >= 11 is 0. The number of aliphatic hydroxyl groups is 1. The van der Waals surface area contributed by atoms with Crippen molar-refractivity contribution in [2.75, 3.05) is 26.3 Å². The topological polar surface area (TPSA) is 75.6 Å². The molecule has 24 heavy (non-hydrogen) atoms. The Morgan fingerprint density at radius 1 is 1.25 bits per heavy atom. The van der Waals surface area contributed by atoms with E-state index in [-0.39, 0.29) is 35.0 Å². The van der Waals surface area contributed by atoms with Crippen molar-refractivity contribution in [3.63, 3.8) is 0 Å². The Balaban J connectivity index is 1.87. The van der Waals surface area contributed by atoms with E-state index in [1.807, 2.05) is 6.08 Å². The number of sulfone groups is 1. The molecule has 0 aromatic heterocycles. The van der Waals surface area contributed by atoms with Gasteiger partial charge in [0, 0.05) is 5.92 Å².